The Morgan fingerprint density at radius 2 is 2.29 bits per heavy atom. The summed E-state index contributed by atoms with van der Waals surface area (Å²) in [6.45, 7) is 1.66. The van der Waals surface area contributed by atoms with Crippen LogP contribution in [-0.4, -0.2) is 17.3 Å². The first-order chi connectivity index (χ1) is 3.18. The second kappa shape index (κ2) is 2.62. The predicted molar refractivity (Wildman–Crippen MR) is 28.5 cm³/mol. The molecule has 40 valence electrons. The summed E-state index contributed by atoms with van der Waals surface area (Å²) in [5, 5.41) is 8.57. The van der Waals surface area contributed by atoms with Gasteiger partial charge in [-0.2, -0.15) is 0 Å². The van der Waals surface area contributed by atoms with Gasteiger partial charge in [0.2, 0.25) is 0 Å². The van der Waals surface area contributed by atoms with Crippen molar-refractivity contribution in [2.45, 2.75) is 19.1 Å². The summed E-state index contributed by atoms with van der Waals surface area (Å²) in [5.74, 6) is 2.09. The highest BCUT2D eigenvalue weighted by Gasteiger charge is 2.01. The van der Waals surface area contributed by atoms with Crippen molar-refractivity contribution in [2.24, 2.45) is 5.73 Å². The van der Waals surface area contributed by atoms with E-state index >= 15 is 0 Å². The van der Waals surface area contributed by atoms with Gasteiger partial charge in [-0.05, 0) is 6.92 Å². The van der Waals surface area contributed by atoms with E-state index in [0.717, 1.165) is 0 Å². The van der Waals surface area contributed by atoms with Crippen LogP contribution in [-0.2, 0) is 0 Å². The molecule has 0 saturated carbocycles. The fraction of sp³-hybridized carbons (Fsp3) is 0.600. The first-order valence-corrected chi connectivity index (χ1v) is 2.08. The molecule has 2 nitrogen and oxygen atoms in total. The maximum atomic E-state index is 8.57. The molecule has 0 heterocycles. The molecule has 1 unspecified atom stereocenters. The fourth-order valence-corrected chi connectivity index (χ4v) is 0.152. The Morgan fingerprint density at radius 3 is 2.29 bits per heavy atom. The maximum absolute atomic E-state index is 8.57. The number of hydrogen-bond acceptors (Lipinski definition) is 2. The molecule has 0 rings (SSSR count). The number of rotatable bonds is 1. The van der Waals surface area contributed by atoms with Crippen molar-refractivity contribution < 1.29 is 5.11 Å². The van der Waals surface area contributed by atoms with Crippen molar-refractivity contribution in [3.8, 4) is 12.3 Å². The lowest BCUT2D eigenvalue weighted by molar-refractivity contribution is 0.208. The monoisotopic (exact) mass is 99.1 g/mol. The van der Waals surface area contributed by atoms with E-state index in [0.29, 0.717) is 0 Å². The van der Waals surface area contributed by atoms with Gasteiger partial charge in [-0.1, -0.05) is 5.92 Å². The van der Waals surface area contributed by atoms with Gasteiger partial charge in [0.05, 0.1) is 0 Å². The average Bonchev–Trinajstić information content (AvgIpc) is 1.65. The molecular formula is C5H9NO. The van der Waals surface area contributed by atoms with Crippen LogP contribution in [0.2, 0.25) is 0 Å². The maximum Gasteiger partial charge on any atom is 0.129 e. The van der Waals surface area contributed by atoms with Gasteiger partial charge in [0, 0.05) is 6.04 Å². The molecular weight excluding hydrogens is 90.1 g/mol. The Bertz CT molecular complexity index is 82.6. The SMILES string of the molecule is C#CC(O)[C@@H](C)N. The van der Waals surface area contributed by atoms with Crippen molar-refractivity contribution in [1.29, 1.82) is 0 Å². The van der Waals surface area contributed by atoms with Crippen molar-refractivity contribution in [2.75, 3.05) is 0 Å². The van der Waals surface area contributed by atoms with Gasteiger partial charge in [-0.3, -0.25) is 0 Å². The first kappa shape index (κ1) is 6.48. The molecule has 0 saturated heterocycles. The van der Waals surface area contributed by atoms with Gasteiger partial charge in [-0.25, -0.2) is 0 Å². The van der Waals surface area contributed by atoms with Crippen LogP contribution in [0.3, 0.4) is 0 Å². The van der Waals surface area contributed by atoms with Crippen LogP contribution in [0.4, 0.5) is 0 Å². The Morgan fingerprint density at radius 1 is 1.86 bits per heavy atom. The molecule has 0 aliphatic rings. The summed E-state index contributed by atoms with van der Waals surface area (Å²) >= 11 is 0. The van der Waals surface area contributed by atoms with E-state index in [1.165, 1.54) is 0 Å². The predicted octanol–water partition coefficient (Wildman–Crippen LogP) is -0.672. The lowest BCUT2D eigenvalue weighted by atomic mass is 10.2. The molecule has 0 aromatic heterocycles. The Kier molecular flexibility index (Phi) is 2.42. The van der Waals surface area contributed by atoms with Gasteiger partial charge in [0.15, 0.2) is 0 Å². The van der Waals surface area contributed by atoms with E-state index in [1.54, 1.807) is 6.92 Å². The number of nitrogens with two attached hydrogens (primary N) is 1. The summed E-state index contributed by atoms with van der Waals surface area (Å²) in [5.41, 5.74) is 5.15. The van der Waals surface area contributed by atoms with E-state index in [1.807, 2.05) is 0 Å². The number of hydrogen-bond donors (Lipinski definition) is 2. The molecule has 0 aliphatic carbocycles. The Hall–Kier alpha value is -0.520. The molecule has 0 aromatic carbocycles. The highest BCUT2D eigenvalue weighted by Crippen LogP contribution is 1.82. The van der Waals surface area contributed by atoms with Gasteiger partial charge in [-0.15, -0.1) is 6.42 Å². The normalized spacial score (nSPS) is 17.4. The molecule has 2 atom stereocenters. The molecule has 7 heavy (non-hydrogen) atoms. The summed E-state index contributed by atoms with van der Waals surface area (Å²) in [4.78, 5) is 0. The largest absolute Gasteiger partial charge is 0.379 e. The molecule has 2 heteroatoms. The quantitative estimate of drug-likeness (QED) is 0.428. The molecule has 0 aromatic rings. The smallest absolute Gasteiger partial charge is 0.129 e. The van der Waals surface area contributed by atoms with Crippen LogP contribution >= 0.6 is 0 Å². The second-order valence-corrected chi connectivity index (χ2v) is 1.47. The Balaban J connectivity index is 3.40. The van der Waals surface area contributed by atoms with Crippen molar-refractivity contribution in [3.63, 3.8) is 0 Å². The third-order valence-electron chi connectivity index (χ3n) is 0.669. The van der Waals surface area contributed by atoms with Gasteiger partial charge >= 0.3 is 0 Å². The Labute approximate surface area is 43.3 Å². The second-order valence-electron chi connectivity index (χ2n) is 1.47. The third kappa shape index (κ3) is 2.21. The van der Waals surface area contributed by atoms with Crippen LogP contribution in [0.1, 0.15) is 6.92 Å². The average molecular weight is 99.1 g/mol. The zero-order valence-corrected chi connectivity index (χ0v) is 4.26. The number of aliphatic hydroxyl groups excluding tert-OH is 1. The molecule has 0 amide bonds. The van der Waals surface area contributed by atoms with Crippen molar-refractivity contribution >= 4 is 0 Å². The van der Waals surface area contributed by atoms with E-state index in [9.17, 15) is 0 Å². The highest BCUT2D eigenvalue weighted by atomic mass is 16.3. The molecule has 0 radical (unpaired) electrons. The van der Waals surface area contributed by atoms with Crippen LogP contribution in [0.5, 0.6) is 0 Å². The summed E-state index contributed by atoms with van der Waals surface area (Å²) in [6, 6.07) is -0.315. The number of terminal acetylenes is 1. The minimum absolute atomic E-state index is 0.315. The van der Waals surface area contributed by atoms with Crippen LogP contribution < -0.4 is 5.73 Å². The number of aliphatic hydroxyl groups is 1. The van der Waals surface area contributed by atoms with Crippen LogP contribution in [0.15, 0.2) is 0 Å². The van der Waals surface area contributed by atoms with Gasteiger partial charge in [0.1, 0.15) is 6.10 Å². The van der Waals surface area contributed by atoms with Gasteiger partial charge in [0.25, 0.3) is 0 Å². The molecule has 0 spiro atoms. The molecule has 0 aliphatic heterocycles. The highest BCUT2D eigenvalue weighted by molar-refractivity contribution is 4.97. The molecule has 0 bridgehead atoms. The summed E-state index contributed by atoms with van der Waals surface area (Å²) in [7, 11) is 0. The lowest BCUT2D eigenvalue weighted by Crippen LogP contribution is -2.29. The van der Waals surface area contributed by atoms with Crippen LogP contribution in [0.25, 0.3) is 0 Å². The van der Waals surface area contributed by atoms with Crippen molar-refractivity contribution in [1.82, 2.24) is 0 Å². The van der Waals surface area contributed by atoms with E-state index < -0.39 is 6.10 Å². The molecule has 0 fully saturated rings. The van der Waals surface area contributed by atoms with Gasteiger partial charge < -0.3 is 10.8 Å². The van der Waals surface area contributed by atoms with E-state index in [4.69, 9.17) is 17.3 Å². The lowest BCUT2D eigenvalue weighted by Gasteiger charge is -2.04. The summed E-state index contributed by atoms with van der Waals surface area (Å²) < 4.78 is 0. The third-order valence-corrected chi connectivity index (χ3v) is 0.669. The minimum atomic E-state index is -0.792. The van der Waals surface area contributed by atoms with Crippen LogP contribution in [0, 0.1) is 12.3 Å². The summed E-state index contributed by atoms with van der Waals surface area (Å²) in [6.07, 6.45) is 4.00. The van der Waals surface area contributed by atoms with Crippen molar-refractivity contribution in [3.05, 3.63) is 0 Å². The minimum Gasteiger partial charge on any atom is -0.379 e. The fourth-order valence-electron chi connectivity index (χ4n) is 0.152. The standard InChI is InChI=1S/C5H9NO/c1-3-5(7)4(2)6/h1,4-5,7H,6H2,2H3/t4-,5?/m1/s1. The first-order valence-electron chi connectivity index (χ1n) is 2.08. The topological polar surface area (TPSA) is 46.2 Å². The van der Waals surface area contributed by atoms with E-state index in [2.05, 4.69) is 5.92 Å². The zero-order valence-electron chi connectivity index (χ0n) is 4.26. The zero-order chi connectivity index (χ0) is 5.86. The molecule has 3 N–H and O–H groups in total. The van der Waals surface area contributed by atoms with E-state index in [-0.39, 0.29) is 6.04 Å².